The van der Waals surface area contributed by atoms with Crippen LogP contribution in [0.15, 0.2) is 30.3 Å². The van der Waals surface area contributed by atoms with E-state index in [4.69, 9.17) is 14.2 Å². The lowest BCUT2D eigenvalue weighted by molar-refractivity contribution is -0.166. The molecule has 196 valence electrons. The summed E-state index contributed by atoms with van der Waals surface area (Å²) in [5.41, 5.74) is 5.72. The van der Waals surface area contributed by atoms with Gasteiger partial charge in [0.1, 0.15) is 6.61 Å². The summed E-state index contributed by atoms with van der Waals surface area (Å²) < 4.78 is 17.5. The third-order valence-corrected chi connectivity index (χ3v) is 8.61. The Morgan fingerprint density at radius 1 is 0.972 bits per heavy atom. The van der Waals surface area contributed by atoms with E-state index in [2.05, 4.69) is 26.6 Å². The van der Waals surface area contributed by atoms with Gasteiger partial charge in [0.05, 0.1) is 20.3 Å². The van der Waals surface area contributed by atoms with E-state index in [-0.39, 0.29) is 25.3 Å². The van der Waals surface area contributed by atoms with Crippen molar-refractivity contribution in [1.29, 1.82) is 0 Å². The minimum absolute atomic E-state index is 0.236. The summed E-state index contributed by atoms with van der Waals surface area (Å²) in [4.78, 5) is 28.0. The van der Waals surface area contributed by atoms with Gasteiger partial charge in [0.25, 0.3) is 0 Å². The van der Waals surface area contributed by atoms with E-state index in [0.717, 1.165) is 33.4 Å². The molecule has 1 atom stereocenters. The van der Waals surface area contributed by atoms with Crippen LogP contribution < -0.4 is 5.19 Å². The SMILES string of the molecule is CCOC(=O)C(OC(C)(C)C)c1c(C)c2c(c(C)c1[Si](C)(C)C)CN(C(=O)OCc1ccccc1)C2. The molecule has 0 aromatic heterocycles. The van der Waals surface area contributed by atoms with Crippen molar-refractivity contribution in [1.82, 2.24) is 4.90 Å². The number of benzene rings is 2. The highest BCUT2D eigenvalue weighted by Gasteiger charge is 2.39. The van der Waals surface area contributed by atoms with Crippen LogP contribution in [0.25, 0.3) is 0 Å². The Balaban J connectivity index is 2.04. The van der Waals surface area contributed by atoms with Gasteiger partial charge in [0, 0.05) is 13.1 Å². The number of rotatable bonds is 7. The zero-order valence-electron chi connectivity index (χ0n) is 23.3. The Morgan fingerprint density at radius 2 is 1.56 bits per heavy atom. The van der Waals surface area contributed by atoms with Crippen molar-refractivity contribution in [3.63, 3.8) is 0 Å². The van der Waals surface area contributed by atoms with Crippen LogP contribution in [0.1, 0.15) is 67.2 Å². The first-order valence-electron chi connectivity index (χ1n) is 12.7. The van der Waals surface area contributed by atoms with Crippen molar-refractivity contribution >= 4 is 25.3 Å². The van der Waals surface area contributed by atoms with Gasteiger partial charge in [-0.3, -0.25) is 4.90 Å². The molecule has 0 radical (unpaired) electrons. The van der Waals surface area contributed by atoms with Gasteiger partial charge in [0.2, 0.25) is 0 Å². The van der Waals surface area contributed by atoms with Gasteiger partial charge in [-0.2, -0.15) is 0 Å². The number of nitrogens with zero attached hydrogens (tertiary/aromatic N) is 1. The largest absolute Gasteiger partial charge is 0.464 e. The quantitative estimate of drug-likeness (QED) is 0.341. The molecule has 2 aromatic carbocycles. The summed E-state index contributed by atoms with van der Waals surface area (Å²) in [6, 6.07) is 9.69. The molecule has 0 aliphatic carbocycles. The van der Waals surface area contributed by atoms with Crippen LogP contribution in [0.4, 0.5) is 4.79 Å². The van der Waals surface area contributed by atoms with E-state index in [1.165, 1.54) is 5.19 Å². The summed E-state index contributed by atoms with van der Waals surface area (Å²) >= 11 is 0. The van der Waals surface area contributed by atoms with Crippen molar-refractivity contribution in [3.8, 4) is 0 Å². The maximum atomic E-state index is 13.2. The maximum Gasteiger partial charge on any atom is 0.410 e. The number of hydrogen-bond donors (Lipinski definition) is 0. The van der Waals surface area contributed by atoms with Crippen LogP contribution in [-0.2, 0) is 38.7 Å². The topological polar surface area (TPSA) is 65.1 Å². The van der Waals surface area contributed by atoms with E-state index >= 15 is 0 Å². The molecule has 3 rings (SSSR count). The summed E-state index contributed by atoms with van der Waals surface area (Å²) in [5, 5.41) is 1.21. The summed E-state index contributed by atoms with van der Waals surface area (Å²) in [6.07, 6.45) is -1.16. The molecule has 6 nitrogen and oxygen atoms in total. The molecule has 1 unspecified atom stereocenters. The van der Waals surface area contributed by atoms with Crippen LogP contribution in [0, 0.1) is 13.8 Å². The fourth-order valence-corrected chi connectivity index (χ4v) is 7.45. The number of ether oxygens (including phenoxy) is 3. The Hall–Kier alpha value is -2.64. The molecule has 0 spiro atoms. The Morgan fingerprint density at radius 3 is 2.08 bits per heavy atom. The summed E-state index contributed by atoms with van der Waals surface area (Å²) in [7, 11) is -1.93. The zero-order chi connectivity index (χ0) is 26.8. The van der Waals surface area contributed by atoms with Crippen molar-refractivity contribution < 1.29 is 23.8 Å². The lowest BCUT2D eigenvalue weighted by Gasteiger charge is -2.34. The molecule has 0 saturated heterocycles. The fourth-order valence-electron chi connectivity index (χ4n) is 5.05. The molecule has 1 aliphatic rings. The average Bonchev–Trinajstić information content (AvgIpc) is 3.24. The standard InChI is InChI=1S/C29H41NO5Si/c1-10-33-27(31)25(35-29(4,5)6)24-19(2)22-16-30(17-23(22)20(3)26(24)36(7,8)9)28(32)34-18-21-14-12-11-13-15-21/h11-15,25H,10,16-18H2,1-9H3. The first-order valence-corrected chi connectivity index (χ1v) is 16.2. The molecule has 0 bridgehead atoms. The first-order chi connectivity index (χ1) is 16.7. The Labute approximate surface area is 216 Å². The second kappa shape index (κ2) is 10.8. The third-order valence-electron chi connectivity index (χ3n) is 6.46. The maximum absolute atomic E-state index is 13.2. The van der Waals surface area contributed by atoms with Gasteiger partial charge in [-0.15, -0.1) is 0 Å². The van der Waals surface area contributed by atoms with Crippen LogP contribution in [-0.4, -0.2) is 37.2 Å². The zero-order valence-corrected chi connectivity index (χ0v) is 24.3. The fraction of sp³-hybridized carbons (Fsp3) is 0.517. The molecule has 1 aliphatic heterocycles. The molecular formula is C29H41NO5Si. The van der Waals surface area contributed by atoms with Crippen LogP contribution >= 0.6 is 0 Å². The minimum Gasteiger partial charge on any atom is -0.464 e. The van der Waals surface area contributed by atoms with Crippen LogP contribution in [0.3, 0.4) is 0 Å². The van der Waals surface area contributed by atoms with Gasteiger partial charge in [0.15, 0.2) is 6.10 Å². The van der Waals surface area contributed by atoms with Crippen molar-refractivity contribution in [3.05, 3.63) is 63.7 Å². The first kappa shape index (κ1) is 27.9. The molecule has 2 aromatic rings. The lowest BCUT2D eigenvalue weighted by atomic mass is 9.91. The second-order valence-electron chi connectivity index (χ2n) is 11.5. The van der Waals surface area contributed by atoms with E-state index in [0.29, 0.717) is 13.1 Å². The van der Waals surface area contributed by atoms with E-state index in [9.17, 15) is 9.59 Å². The predicted molar refractivity (Wildman–Crippen MR) is 145 cm³/mol. The van der Waals surface area contributed by atoms with Crippen molar-refractivity contribution in [2.45, 2.75) is 92.6 Å². The van der Waals surface area contributed by atoms with Gasteiger partial charge in [-0.25, -0.2) is 9.59 Å². The lowest BCUT2D eigenvalue weighted by Crippen LogP contribution is -2.46. The van der Waals surface area contributed by atoms with Crippen molar-refractivity contribution in [2.24, 2.45) is 0 Å². The third kappa shape index (κ3) is 6.18. The van der Waals surface area contributed by atoms with Gasteiger partial charge in [-0.05, 0) is 74.9 Å². The molecule has 1 amide bonds. The summed E-state index contributed by atoms with van der Waals surface area (Å²) in [6.45, 7) is 20.1. The smallest absolute Gasteiger partial charge is 0.410 e. The molecule has 0 fully saturated rings. The van der Waals surface area contributed by atoms with Gasteiger partial charge >= 0.3 is 12.1 Å². The van der Waals surface area contributed by atoms with Crippen molar-refractivity contribution in [2.75, 3.05) is 6.61 Å². The van der Waals surface area contributed by atoms with E-state index in [1.807, 2.05) is 65.0 Å². The molecule has 1 heterocycles. The number of carbonyl (C=O) groups excluding carboxylic acids is 2. The monoisotopic (exact) mass is 511 g/mol. The average molecular weight is 512 g/mol. The number of carbonyl (C=O) groups is 2. The number of esters is 1. The Bertz CT molecular complexity index is 1120. The number of fused-ring (bicyclic) bond motifs is 1. The highest BCUT2D eigenvalue weighted by atomic mass is 28.3. The van der Waals surface area contributed by atoms with Crippen LogP contribution in [0.5, 0.6) is 0 Å². The highest BCUT2D eigenvalue weighted by Crippen LogP contribution is 2.37. The molecule has 0 N–H and O–H groups in total. The molecule has 7 heteroatoms. The van der Waals surface area contributed by atoms with Crippen LogP contribution in [0.2, 0.25) is 19.6 Å². The Kier molecular flexibility index (Phi) is 8.36. The molecule has 0 saturated carbocycles. The molecular weight excluding hydrogens is 470 g/mol. The van der Waals surface area contributed by atoms with E-state index in [1.54, 1.807) is 4.90 Å². The van der Waals surface area contributed by atoms with Gasteiger partial charge < -0.3 is 14.2 Å². The molecule has 36 heavy (non-hydrogen) atoms. The van der Waals surface area contributed by atoms with Gasteiger partial charge in [-0.1, -0.05) is 55.2 Å². The normalized spacial score (nSPS) is 14.4. The second-order valence-corrected chi connectivity index (χ2v) is 16.5. The highest BCUT2D eigenvalue weighted by molar-refractivity contribution is 6.89. The van der Waals surface area contributed by atoms with E-state index < -0.39 is 19.8 Å². The minimum atomic E-state index is -1.93. The number of amides is 1. The predicted octanol–water partition coefficient (Wildman–Crippen LogP) is 5.92. The number of hydrogen-bond acceptors (Lipinski definition) is 5. The summed E-state index contributed by atoms with van der Waals surface area (Å²) in [5.74, 6) is -0.369.